The lowest BCUT2D eigenvalue weighted by Crippen LogP contribution is -2.50. The minimum Gasteiger partial charge on any atom is -0.479 e. The summed E-state index contributed by atoms with van der Waals surface area (Å²) in [6.07, 6.45) is -4.77. The predicted molar refractivity (Wildman–Crippen MR) is 84.9 cm³/mol. The predicted octanol–water partition coefficient (Wildman–Crippen LogP) is 3.91. The van der Waals surface area contributed by atoms with Crippen molar-refractivity contribution in [1.29, 1.82) is 0 Å². The minimum absolute atomic E-state index is 0.0132. The van der Waals surface area contributed by atoms with Crippen molar-refractivity contribution >= 4 is 11.9 Å². The number of carboxylic acid groups (broad SMARTS) is 1. The third-order valence-corrected chi connectivity index (χ3v) is 3.77. The Morgan fingerprint density at radius 3 is 1.88 bits per heavy atom. The molecule has 25 heavy (non-hydrogen) atoms. The third-order valence-electron chi connectivity index (χ3n) is 3.77. The molecule has 0 saturated carbocycles. The molecular weight excluding hydrogens is 335 g/mol. The monoisotopic (exact) mass is 351 g/mol. The molecule has 0 aromatic heterocycles. The Labute approximate surface area is 142 Å². The molecule has 4 nitrogen and oxygen atoms in total. The van der Waals surface area contributed by atoms with E-state index in [1.807, 2.05) is 0 Å². The van der Waals surface area contributed by atoms with Gasteiger partial charge in [0.05, 0.1) is 0 Å². The summed E-state index contributed by atoms with van der Waals surface area (Å²) in [7, 11) is 0. The van der Waals surface area contributed by atoms with Gasteiger partial charge in [-0.25, -0.2) is 4.79 Å². The number of amides is 1. The van der Waals surface area contributed by atoms with Gasteiger partial charge in [0.1, 0.15) is 6.04 Å². The van der Waals surface area contributed by atoms with Crippen LogP contribution in [0.1, 0.15) is 28.9 Å². The third kappa shape index (κ3) is 4.17. The summed E-state index contributed by atoms with van der Waals surface area (Å²) in [6, 6.07) is 10.7. The summed E-state index contributed by atoms with van der Waals surface area (Å²) in [5.74, 6) is -2.53. The Kier molecular flexibility index (Phi) is 5.46. The van der Waals surface area contributed by atoms with Crippen LogP contribution in [-0.2, 0) is 4.79 Å². The molecule has 1 amide bonds. The molecular formula is C18H16F3NO3. The van der Waals surface area contributed by atoms with Crippen LogP contribution in [0.25, 0.3) is 0 Å². The van der Waals surface area contributed by atoms with Crippen molar-refractivity contribution in [2.24, 2.45) is 0 Å². The van der Waals surface area contributed by atoms with E-state index in [1.54, 1.807) is 12.1 Å². The lowest BCUT2D eigenvalue weighted by Gasteiger charge is -2.35. The number of halogens is 3. The standard InChI is InChI=1S/C18H16F3NO3/c1-12(18(19,20)21)22(16(23)14-10-6-3-7-11-14)15(17(24)25)13-8-4-2-5-9-13/h2-12,15H,1H3,(H,24,25)/t12-,15-/m1/s1. The Bertz CT molecular complexity index is 732. The highest BCUT2D eigenvalue weighted by molar-refractivity contribution is 5.97. The Balaban J connectivity index is 2.57. The van der Waals surface area contributed by atoms with E-state index in [2.05, 4.69) is 0 Å². The molecule has 0 bridgehead atoms. The van der Waals surface area contributed by atoms with Crippen molar-refractivity contribution in [2.45, 2.75) is 25.2 Å². The first-order valence-electron chi connectivity index (χ1n) is 7.45. The fourth-order valence-corrected chi connectivity index (χ4v) is 2.46. The van der Waals surface area contributed by atoms with Gasteiger partial charge in [0.2, 0.25) is 0 Å². The first-order valence-corrected chi connectivity index (χ1v) is 7.45. The topological polar surface area (TPSA) is 57.6 Å². The van der Waals surface area contributed by atoms with Crippen LogP contribution >= 0.6 is 0 Å². The second-order valence-corrected chi connectivity index (χ2v) is 5.45. The first-order chi connectivity index (χ1) is 11.7. The molecule has 0 aliphatic heterocycles. The van der Waals surface area contributed by atoms with E-state index < -0.39 is 30.1 Å². The van der Waals surface area contributed by atoms with Crippen molar-refractivity contribution in [1.82, 2.24) is 4.90 Å². The molecule has 1 N–H and O–H groups in total. The van der Waals surface area contributed by atoms with Gasteiger partial charge in [-0.1, -0.05) is 48.5 Å². The van der Waals surface area contributed by atoms with Crippen LogP contribution in [0.2, 0.25) is 0 Å². The van der Waals surface area contributed by atoms with E-state index in [1.165, 1.54) is 48.5 Å². The van der Waals surface area contributed by atoms with E-state index in [0.29, 0.717) is 4.90 Å². The maximum Gasteiger partial charge on any atom is 0.408 e. The fourth-order valence-electron chi connectivity index (χ4n) is 2.46. The molecule has 2 aromatic carbocycles. The summed E-state index contributed by atoms with van der Waals surface area (Å²) < 4.78 is 40.0. The van der Waals surface area contributed by atoms with Gasteiger partial charge in [-0.05, 0) is 24.6 Å². The van der Waals surface area contributed by atoms with Crippen molar-refractivity contribution < 1.29 is 27.9 Å². The molecule has 0 spiro atoms. The molecule has 0 heterocycles. The van der Waals surface area contributed by atoms with Crippen LogP contribution in [0, 0.1) is 0 Å². The van der Waals surface area contributed by atoms with E-state index in [-0.39, 0.29) is 11.1 Å². The zero-order valence-corrected chi connectivity index (χ0v) is 13.3. The quantitative estimate of drug-likeness (QED) is 0.889. The highest BCUT2D eigenvalue weighted by atomic mass is 19.4. The average Bonchev–Trinajstić information content (AvgIpc) is 2.58. The number of aliphatic carboxylic acids is 1. The second kappa shape index (κ2) is 7.38. The largest absolute Gasteiger partial charge is 0.479 e. The average molecular weight is 351 g/mol. The molecule has 132 valence electrons. The van der Waals surface area contributed by atoms with Crippen LogP contribution in [0.15, 0.2) is 60.7 Å². The van der Waals surface area contributed by atoms with Crippen LogP contribution in [0.4, 0.5) is 13.2 Å². The summed E-state index contributed by atoms with van der Waals surface area (Å²) in [5, 5.41) is 9.55. The van der Waals surface area contributed by atoms with Gasteiger partial charge in [-0.2, -0.15) is 13.2 Å². The van der Waals surface area contributed by atoms with E-state index in [9.17, 15) is 27.9 Å². The molecule has 0 aliphatic rings. The van der Waals surface area contributed by atoms with Crippen LogP contribution < -0.4 is 0 Å². The van der Waals surface area contributed by atoms with Gasteiger partial charge in [0.25, 0.3) is 5.91 Å². The number of carboxylic acids is 1. The van der Waals surface area contributed by atoms with E-state index in [0.717, 1.165) is 6.92 Å². The Morgan fingerprint density at radius 1 is 0.960 bits per heavy atom. The second-order valence-electron chi connectivity index (χ2n) is 5.45. The van der Waals surface area contributed by atoms with E-state index in [4.69, 9.17) is 0 Å². The molecule has 2 atom stereocenters. The number of carbonyl (C=O) groups excluding carboxylic acids is 1. The van der Waals surface area contributed by atoms with Gasteiger partial charge in [0, 0.05) is 5.56 Å². The zero-order chi connectivity index (χ0) is 18.6. The SMILES string of the molecule is C[C@@H](N(C(=O)c1ccccc1)[C@@H](C(=O)O)c1ccccc1)C(F)(F)F. The van der Waals surface area contributed by atoms with Gasteiger partial charge in [-0.3, -0.25) is 4.79 Å². The molecule has 0 fully saturated rings. The number of hydrogen-bond donors (Lipinski definition) is 1. The van der Waals surface area contributed by atoms with Crippen molar-refractivity contribution in [3.05, 3.63) is 71.8 Å². The normalized spacial score (nSPS) is 13.8. The van der Waals surface area contributed by atoms with E-state index >= 15 is 0 Å². The van der Waals surface area contributed by atoms with Crippen LogP contribution in [0.5, 0.6) is 0 Å². The summed E-state index contributed by atoms with van der Waals surface area (Å²) in [6.45, 7) is 0.777. The maximum atomic E-state index is 13.3. The molecule has 7 heteroatoms. The lowest BCUT2D eigenvalue weighted by atomic mass is 10.0. The highest BCUT2D eigenvalue weighted by Crippen LogP contribution is 2.33. The molecule has 0 aliphatic carbocycles. The lowest BCUT2D eigenvalue weighted by molar-refractivity contribution is -0.181. The highest BCUT2D eigenvalue weighted by Gasteiger charge is 2.47. The first kappa shape index (κ1) is 18.5. The zero-order valence-electron chi connectivity index (χ0n) is 13.3. The molecule has 2 rings (SSSR count). The molecule has 2 aromatic rings. The number of carbonyl (C=O) groups is 2. The molecule has 0 saturated heterocycles. The smallest absolute Gasteiger partial charge is 0.408 e. The van der Waals surface area contributed by atoms with Gasteiger partial charge in [-0.15, -0.1) is 0 Å². The summed E-state index contributed by atoms with van der Waals surface area (Å²) in [5.41, 5.74) is 0.0798. The van der Waals surface area contributed by atoms with Crippen molar-refractivity contribution in [3.8, 4) is 0 Å². The van der Waals surface area contributed by atoms with Gasteiger partial charge < -0.3 is 10.0 Å². The van der Waals surface area contributed by atoms with Gasteiger partial charge >= 0.3 is 12.1 Å². The Morgan fingerprint density at radius 2 is 1.44 bits per heavy atom. The number of hydrogen-bond acceptors (Lipinski definition) is 2. The van der Waals surface area contributed by atoms with Crippen molar-refractivity contribution in [3.63, 3.8) is 0 Å². The van der Waals surface area contributed by atoms with Crippen molar-refractivity contribution in [2.75, 3.05) is 0 Å². The molecule has 0 radical (unpaired) electrons. The fraction of sp³-hybridized carbons (Fsp3) is 0.222. The number of nitrogens with zero attached hydrogens (tertiary/aromatic N) is 1. The minimum atomic E-state index is -4.77. The van der Waals surface area contributed by atoms with Gasteiger partial charge in [0.15, 0.2) is 6.04 Å². The van der Waals surface area contributed by atoms with Crippen LogP contribution in [-0.4, -0.2) is 34.1 Å². The summed E-state index contributed by atoms with van der Waals surface area (Å²) >= 11 is 0. The molecule has 0 unspecified atom stereocenters. The number of benzene rings is 2. The van der Waals surface area contributed by atoms with Crippen LogP contribution in [0.3, 0.4) is 0 Å². The Hall–Kier alpha value is -2.83. The maximum absolute atomic E-state index is 13.3. The summed E-state index contributed by atoms with van der Waals surface area (Å²) in [4.78, 5) is 24.8. The number of alkyl halides is 3. The number of rotatable bonds is 5.